The fourth-order valence-corrected chi connectivity index (χ4v) is 4.29. The van der Waals surface area contributed by atoms with Gasteiger partial charge in [0.15, 0.2) is 0 Å². The molecule has 0 radical (unpaired) electrons. The minimum Gasteiger partial charge on any atom is -0.352 e. The van der Waals surface area contributed by atoms with Crippen LogP contribution in [0, 0.1) is 5.92 Å². The van der Waals surface area contributed by atoms with Gasteiger partial charge < -0.3 is 10.2 Å². The van der Waals surface area contributed by atoms with E-state index in [1.807, 2.05) is 53.4 Å². The first kappa shape index (κ1) is 18.0. The first-order valence-electron chi connectivity index (χ1n) is 8.93. The summed E-state index contributed by atoms with van der Waals surface area (Å²) in [5, 5.41) is 14.0. The largest absolute Gasteiger partial charge is 0.352 e. The molecule has 1 aliphatic heterocycles. The summed E-state index contributed by atoms with van der Waals surface area (Å²) in [7, 11) is 0. The van der Waals surface area contributed by atoms with Crippen LogP contribution in [0.15, 0.2) is 48.8 Å². The van der Waals surface area contributed by atoms with Crippen LogP contribution in [-0.2, 0) is 11.3 Å². The van der Waals surface area contributed by atoms with Crippen molar-refractivity contribution >= 4 is 34.0 Å². The van der Waals surface area contributed by atoms with Gasteiger partial charge in [-0.25, -0.2) is 0 Å². The molecule has 1 saturated heterocycles. The highest BCUT2D eigenvalue weighted by atomic mass is 35.5. The quantitative estimate of drug-likeness (QED) is 0.710. The summed E-state index contributed by atoms with van der Waals surface area (Å²) < 4.78 is 1.94. The lowest BCUT2D eigenvalue weighted by atomic mass is 9.97. The number of aromatic nitrogens is 3. The van der Waals surface area contributed by atoms with Gasteiger partial charge in [-0.2, -0.15) is 0 Å². The van der Waals surface area contributed by atoms with Gasteiger partial charge in [0.25, 0.3) is 0 Å². The van der Waals surface area contributed by atoms with Crippen LogP contribution in [0.4, 0.5) is 5.13 Å². The molecule has 6 nitrogen and oxygen atoms in total. The average molecular weight is 402 g/mol. The van der Waals surface area contributed by atoms with E-state index in [2.05, 4.69) is 20.4 Å². The van der Waals surface area contributed by atoms with E-state index in [0.717, 1.165) is 35.2 Å². The van der Waals surface area contributed by atoms with Crippen LogP contribution in [0.5, 0.6) is 0 Å². The zero-order valence-corrected chi connectivity index (χ0v) is 16.3. The van der Waals surface area contributed by atoms with Crippen molar-refractivity contribution in [1.82, 2.24) is 20.1 Å². The van der Waals surface area contributed by atoms with Crippen LogP contribution < -0.4 is 10.2 Å². The third-order valence-corrected chi connectivity index (χ3v) is 6.07. The number of hydrogen-bond acceptors (Lipinski definition) is 5. The van der Waals surface area contributed by atoms with Gasteiger partial charge in [-0.15, -0.1) is 10.2 Å². The fourth-order valence-electron chi connectivity index (χ4n) is 3.24. The lowest BCUT2D eigenvalue weighted by molar-refractivity contribution is -0.125. The standard InChI is InChI=1S/C19H20ClN5OS/c20-16-8-2-1-6-14(16)12-21-17(26)15-7-5-11-25(13-15)19-23-22-18(27-19)24-9-3-4-10-24/h1-4,6,8-10,15H,5,7,11-13H2,(H,21,26). The van der Waals surface area contributed by atoms with Crippen molar-refractivity contribution in [3.05, 3.63) is 59.4 Å². The highest BCUT2D eigenvalue weighted by molar-refractivity contribution is 7.17. The van der Waals surface area contributed by atoms with Crippen LogP contribution in [0.2, 0.25) is 5.02 Å². The second-order valence-corrected chi connectivity index (χ2v) is 7.89. The molecule has 1 N–H and O–H groups in total. The number of nitrogens with zero attached hydrogens (tertiary/aromatic N) is 4. The second-order valence-electron chi connectivity index (χ2n) is 6.55. The van der Waals surface area contributed by atoms with Crippen molar-refractivity contribution in [2.24, 2.45) is 5.92 Å². The van der Waals surface area contributed by atoms with E-state index in [1.165, 1.54) is 0 Å². The minimum atomic E-state index is -0.0554. The maximum Gasteiger partial charge on any atom is 0.225 e. The van der Waals surface area contributed by atoms with E-state index in [1.54, 1.807) is 11.3 Å². The molecule has 1 atom stereocenters. The predicted octanol–water partition coefficient (Wildman–Crippen LogP) is 3.52. The molecule has 3 aromatic rings. The van der Waals surface area contributed by atoms with Crippen molar-refractivity contribution in [2.75, 3.05) is 18.0 Å². The third kappa shape index (κ3) is 4.14. The van der Waals surface area contributed by atoms with E-state index in [4.69, 9.17) is 11.6 Å². The molecule has 0 saturated carbocycles. The maximum atomic E-state index is 12.6. The van der Waals surface area contributed by atoms with Gasteiger partial charge in [-0.1, -0.05) is 41.1 Å². The highest BCUT2D eigenvalue weighted by Gasteiger charge is 2.27. The van der Waals surface area contributed by atoms with Crippen molar-refractivity contribution in [3.8, 4) is 5.13 Å². The Morgan fingerprint density at radius 1 is 1.19 bits per heavy atom. The van der Waals surface area contributed by atoms with Crippen LogP contribution in [0.25, 0.3) is 5.13 Å². The summed E-state index contributed by atoms with van der Waals surface area (Å²) in [5.41, 5.74) is 0.931. The molecule has 0 spiro atoms. The Hall–Kier alpha value is -2.38. The van der Waals surface area contributed by atoms with E-state index >= 15 is 0 Å². The minimum absolute atomic E-state index is 0.0554. The first-order chi connectivity index (χ1) is 13.2. The SMILES string of the molecule is O=C(NCc1ccccc1Cl)C1CCCN(c2nnc(-n3cccc3)s2)C1. The number of carbonyl (C=O) groups is 1. The zero-order valence-electron chi connectivity index (χ0n) is 14.7. The molecule has 0 aliphatic carbocycles. The van der Waals surface area contributed by atoms with Gasteiger partial charge in [-0.05, 0) is 36.6 Å². The van der Waals surface area contributed by atoms with Gasteiger partial charge >= 0.3 is 0 Å². The summed E-state index contributed by atoms with van der Waals surface area (Å²) in [4.78, 5) is 14.8. The Bertz CT molecular complexity index is 910. The normalized spacial score (nSPS) is 17.1. The van der Waals surface area contributed by atoms with Crippen LogP contribution in [-0.4, -0.2) is 33.8 Å². The summed E-state index contributed by atoms with van der Waals surface area (Å²) in [6, 6.07) is 11.5. The van der Waals surface area contributed by atoms with E-state index in [9.17, 15) is 4.79 Å². The molecule has 140 valence electrons. The van der Waals surface area contributed by atoms with Crippen LogP contribution in [0.1, 0.15) is 18.4 Å². The van der Waals surface area contributed by atoms with Gasteiger partial charge in [0.2, 0.25) is 16.2 Å². The molecule has 4 rings (SSSR count). The van der Waals surface area contributed by atoms with E-state index < -0.39 is 0 Å². The van der Waals surface area contributed by atoms with Crippen molar-refractivity contribution in [3.63, 3.8) is 0 Å². The number of benzene rings is 1. The Kier molecular flexibility index (Phi) is 5.40. The molecule has 2 aromatic heterocycles. The van der Waals surface area contributed by atoms with Gasteiger partial charge in [0.1, 0.15) is 0 Å². The summed E-state index contributed by atoms with van der Waals surface area (Å²) in [5.74, 6) is 0.00920. The number of rotatable bonds is 5. The molecule has 1 amide bonds. The first-order valence-corrected chi connectivity index (χ1v) is 10.1. The smallest absolute Gasteiger partial charge is 0.225 e. The van der Waals surface area contributed by atoms with Crippen LogP contribution in [0.3, 0.4) is 0 Å². The topological polar surface area (TPSA) is 63.1 Å². The van der Waals surface area contributed by atoms with Gasteiger partial charge in [-0.3, -0.25) is 9.36 Å². The highest BCUT2D eigenvalue weighted by Crippen LogP contribution is 2.28. The number of nitrogens with one attached hydrogen (secondary N) is 1. The predicted molar refractivity (Wildman–Crippen MR) is 107 cm³/mol. The monoisotopic (exact) mass is 401 g/mol. The Balaban J connectivity index is 1.38. The number of amides is 1. The Labute approximate surface area is 166 Å². The van der Waals surface area contributed by atoms with E-state index in [0.29, 0.717) is 18.1 Å². The molecule has 1 unspecified atom stereocenters. The molecular formula is C19H20ClN5OS. The molecular weight excluding hydrogens is 382 g/mol. The van der Waals surface area contributed by atoms with Crippen molar-refractivity contribution < 1.29 is 4.79 Å². The number of anilines is 1. The second kappa shape index (κ2) is 8.10. The Morgan fingerprint density at radius 3 is 2.78 bits per heavy atom. The number of carbonyl (C=O) groups excluding carboxylic acids is 1. The summed E-state index contributed by atoms with van der Waals surface area (Å²) >= 11 is 7.71. The van der Waals surface area contributed by atoms with E-state index in [-0.39, 0.29) is 11.8 Å². The molecule has 27 heavy (non-hydrogen) atoms. The molecule has 1 aromatic carbocycles. The fraction of sp³-hybridized carbons (Fsp3) is 0.316. The average Bonchev–Trinajstić information content (AvgIpc) is 3.39. The molecule has 1 aliphatic rings. The van der Waals surface area contributed by atoms with Crippen LogP contribution >= 0.6 is 22.9 Å². The lowest BCUT2D eigenvalue weighted by Gasteiger charge is -2.31. The van der Waals surface area contributed by atoms with Gasteiger partial charge in [0.05, 0.1) is 5.92 Å². The maximum absolute atomic E-state index is 12.6. The zero-order chi connectivity index (χ0) is 18.6. The molecule has 3 heterocycles. The number of halogens is 1. The Morgan fingerprint density at radius 2 is 1.96 bits per heavy atom. The third-order valence-electron chi connectivity index (χ3n) is 4.70. The van der Waals surface area contributed by atoms with Crippen molar-refractivity contribution in [1.29, 1.82) is 0 Å². The molecule has 1 fully saturated rings. The van der Waals surface area contributed by atoms with Gasteiger partial charge in [0, 0.05) is 37.1 Å². The van der Waals surface area contributed by atoms with Crippen molar-refractivity contribution in [2.45, 2.75) is 19.4 Å². The summed E-state index contributed by atoms with van der Waals surface area (Å²) in [6.07, 6.45) is 5.74. The number of hydrogen-bond donors (Lipinski definition) is 1. The number of piperidine rings is 1. The molecule has 8 heteroatoms. The lowest BCUT2D eigenvalue weighted by Crippen LogP contribution is -2.43. The summed E-state index contributed by atoms with van der Waals surface area (Å²) in [6.45, 7) is 2.01. The molecule has 0 bridgehead atoms.